The number of aliphatic hydroxyl groups is 1. The number of carbonyl (C=O) groups is 1. The fraction of sp³-hybridized carbons (Fsp3) is 0.431. The minimum Gasteiger partial charge on any atom is -0.497 e. The van der Waals surface area contributed by atoms with Crippen LogP contribution in [0.4, 0.5) is 21.5 Å². The number of fused-ring (bicyclic) bond motifs is 2. The van der Waals surface area contributed by atoms with Crippen molar-refractivity contribution in [3.05, 3.63) is 136 Å². The maximum Gasteiger partial charge on any atom is 0.297 e. The van der Waals surface area contributed by atoms with Crippen molar-refractivity contribution in [2.24, 2.45) is 11.3 Å². The third kappa shape index (κ3) is 10.7. The summed E-state index contributed by atoms with van der Waals surface area (Å²) >= 11 is 0. The summed E-state index contributed by atoms with van der Waals surface area (Å²) in [7, 11) is -3.26. The van der Waals surface area contributed by atoms with Crippen LogP contribution in [0.25, 0.3) is 22.1 Å². The monoisotopic (exact) mass is 1080 g/mol. The molecular formula is C58H66FN9O9S. The highest BCUT2D eigenvalue weighted by atomic mass is 32.2. The number of hydrogen-bond donors (Lipinski definition) is 4. The number of nitrogens with one attached hydrogen (secondary N) is 3. The predicted octanol–water partition coefficient (Wildman–Crippen LogP) is 10.5. The van der Waals surface area contributed by atoms with Gasteiger partial charge in [0.05, 0.1) is 35.1 Å². The van der Waals surface area contributed by atoms with E-state index in [1.165, 1.54) is 29.0 Å². The van der Waals surface area contributed by atoms with E-state index in [1.54, 1.807) is 32.4 Å². The summed E-state index contributed by atoms with van der Waals surface area (Å²) in [4.78, 5) is 44.3. The lowest BCUT2D eigenvalue weighted by Crippen LogP contribution is -2.60. The molecule has 78 heavy (non-hydrogen) atoms. The number of amides is 1. The van der Waals surface area contributed by atoms with Crippen LogP contribution in [0.2, 0.25) is 0 Å². The molecule has 1 amide bonds. The minimum atomic E-state index is -4.94. The summed E-state index contributed by atoms with van der Waals surface area (Å²) in [5.41, 5.74) is 2.56. The van der Waals surface area contributed by atoms with Gasteiger partial charge in [0, 0.05) is 81.6 Å². The van der Waals surface area contributed by atoms with Crippen molar-refractivity contribution < 1.29 is 41.5 Å². The largest absolute Gasteiger partial charge is 0.497 e. The number of anilines is 2. The van der Waals surface area contributed by atoms with Gasteiger partial charge in [-0.3, -0.25) is 24.7 Å². The van der Waals surface area contributed by atoms with Gasteiger partial charge in [-0.2, -0.15) is 0 Å². The summed E-state index contributed by atoms with van der Waals surface area (Å²) in [6.07, 6.45) is 10.4. The highest BCUT2D eigenvalue weighted by Gasteiger charge is 2.50. The maximum atomic E-state index is 16.7. The molecule has 0 unspecified atom stereocenters. The Morgan fingerprint density at radius 3 is 2.47 bits per heavy atom. The number of methoxy groups -OCH3 is 1. The molecule has 4 fully saturated rings. The number of hydrogen-bond acceptors (Lipinski definition) is 15. The van der Waals surface area contributed by atoms with Crippen molar-refractivity contribution in [3.63, 3.8) is 0 Å². The molecule has 11 rings (SSSR count). The fourth-order valence-corrected chi connectivity index (χ4v) is 13.6. The molecule has 5 heterocycles. The SMILES string of the molecule is COc1ccc(CN2CCN(C3CC4(CCN(c5cc(Oc6cnc7[nH]ccc7c6)c(C(=O)NS(=O)(=O)c6cc([N+](=O)[O-])c(NCC7CCC(C)(O)CC7)c7ocnc67)cc5F)CC4)C3)[C@H](c3ccccc3C(C)C)C2)cc1. The van der Waals surface area contributed by atoms with Gasteiger partial charge in [-0.05, 0) is 123 Å². The zero-order valence-corrected chi connectivity index (χ0v) is 45.2. The molecule has 4 N–H and O–H groups in total. The molecular weight excluding hydrogens is 1020 g/mol. The number of aromatic nitrogens is 3. The number of aromatic amines is 1. The molecule has 2 saturated heterocycles. The Morgan fingerprint density at radius 1 is 0.987 bits per heavy atom. The molecule has 20 heteroatoms. The molecule has 7 aromatic rings. The second kappa shape index (κ2) is 21.3. The van der Waals surface area contributed by atoms with E-state index in [2.05, 4.69) is 80.3 Å². The van der Waals surface area contributed by atoms with Crippen LogP contribution >= 0.6 is 0 Å². The number of halogens is 1. The van der Waals surface area contributed by atoms with Gasteiger partial charge in [-0.25, -0.2) is 27.5 Å². The fourth-order valence-electron chi connectivity index (χ4n) is 12.5. The van der Waals surface area contributed by atoms with Gasteiger partial charge >= 0.3 is 0 Å². The first-order valence-electron chi connectivity index (χ1n) is 26.9. The zero-order chi connectivity index (χ0) is 54.5. The molecule has 3 aromatic heterocycles. The van der Waals surface area contributed by atoms with Crippen molar-refractivity contribution in [1.29, 1.82) is 0 Å². The Morgan fingerprint density at radius 2 is 1.74 bits per heavy atom. The van der Waals surface area contributed by atoms with E-state index in [0.29, 0.717) is 68.3 Å². The molecule has 2 aliphatic carbocycles. The average molecular weight is 1080 g/mol. The molecule has 1 atom stereocenters. The van der Waals surface area contributed by atoms with Gasteiger partial charge in [-0.1, -0.05) is 50.2 Å². The number of ether oxygens (including phenoxy) is 2. The average Bonchev–Trinajstić information content (AvgIpc) is 4.26. The van der Waals surface area contributed by atoms with E-state index in [1.807, 2.05) is 21.8 Å². The summed E-state index contributed by atoms with van der Waals surface area (Å²) < 4.78 is 64.6. The number of benzene rings is 4. The van der Waals surface area contributed by atoms with Crippen molar-refractivity contribution >= 4 is 55.1 Å². The zero-order valence-electron chi connectivity index (χ0n) is 44.3. The van der Waals surface area contributed by atoms with Crippen LogP contribution in [0.1, 0.15) is 111 Å². The van der Waals surface area contributed by atoms with Gasteiger partial charge in [0.15, 0.2) is 17.7 Å². The third-order valence-electron chi connectivity index (χ3n) is 16.9. The number of oxazole rings is 1. The lowest BCUT2D eigenvalue weighted by Gasteiger charge is -2.58. The highest BCUT2D eigenvalue weighted by Crippen LogP contribution is 2.54. The standard InChI is InChI=1S/C58H66FN9O9S/c1-36(2)43-7-5-6-8-44(43)49-34-65(33-38-9-11-41(75-4)12-10-38)23-24-67(49)40-29-58(30-40)18-21-66(22-19-58)47-27-50(77-42-25-39-15-20-60-55(39)62-32-42)45(26-46(47)59)56(69)64-78(73,74)51-28-48(68(71)72)52(54-53(51)63-35-76-54)61-31-37-13-16-57(3,70)17-14-37/h5-12,15,20,25-28,32,35-37,40,49,61,70H,13-14,16-19,21-24,29-31,33-34H2,1-4H3,(H,60,62)(H,64,69)/t37?,49-,57?/m0/s1. The van der Waals surface area contributed by atoms with Crippen molar-refractivity contribution in [2.45, 2.75) is 107 Å². The van der Waals surface area contributed by atoms with Gasteiger partial charge in [0.2, 0.25) is 0 Å². The number of piperazine rings is 1. The number of pyridine rings is 1. The van der Waals surface area contributed by atoms with Crippen LogP contribution in [0.5, 0.6) is 17.2 Å². The Labute approximate surface area is 452 Å². The number of piperidine rings is 1. The Hall–Kier alpha value is -7.13. The Kier molecular flexibility index (Phi) is 14.4. The van der Waals surface area contributed by atoms with Crippen LogP contribution in [0.15, 0.2) is 107 Å². The molecule has 0 bridgehead atoms. The number of sulfonamides is 1. The van der Waals surface area contributed by atoms with Crippen LogP contribution in [0, 0.1) is 27.3 Å². The van der Waals surface area contributed by atoms with Gasteiger partial charge in [0.25, 0.3) is 21.6 Å². The molecule has 2 aliphatic heterocycles. The van der Waals surface area contributed by atoms with Crippen molar-refractivity contribution in [3.8, 4) is 17.2 Å². The summed E-state index contributed by atoms with van der Waals surface area (Å²) in [6.45, 7) is 11.4. The number of nitro benzene ring substituents is 1. The first kappa shape index (κ1) is 52.9. The summed E-state index contributed by atoms with van der Waals surface area (Å²) in [6, 6.07) is 24.5. The second-order valence-corrected chi connectivity index (χ2v) is 24.1. The third-order valence-corrected chi connectivity index (χ3v) is 18.3. The van der Waals surface area contributed by atoms with Crippen molar-refractivity contribution in [1.82, 2.24) is 29.5 Å². The first-order chi connectivity index (χ1) is 37.4. The van der Waals surface area contributed by atoms with Crippen LogP contribution in [-0.4, -0.2) is 107 Å². The number of carbonyl (C=O) groups excluding carboxylic acids is 1. The lowest BCUT2D eigenvalue weighted by molar-refractivity contribution is -0.384. The minimum absolute atomic E-state index is 0.0651. The molecule has 4 aromatic carbocycles. The smallest absolute Gasteiger partial charge is 0.297 e. The first-order valence-corrected chi connectivity index (χ1v) is 28.4. The van der Waals surface area contributed by atoms with E-state index in [9.17, 15) is 28.4 Å². The molecule has 410 valence electrons. The van der Waals surface area contributed by atoms with E-state index in [4.69, 9.17) is 13.9 Å². The van der Waals surface area contributed by atoms with E-state index in [0.717, 1.165) is 76.1 Å². The van der Waals surface area contributed by atoms with E-state index in [-0.39, 0.29) is 51.3 Å². The van der Waals surface area contributed by atoms with Gasteiger partial charge in [0.1, 0.15) is 39.1 Å². The van der Waals surface area contributed by atoms with Crippen LogP contribution in [0.3, 0.4) is 0 Å². The molecule has 2 saturated carbocycles. The number of rotatable bonds is 16. The summed E-state index contributed by atoms with van der Waals surface area (Å²) in [5, 5.41) is 26.8. The quantitative estimate of drug-likeness (QED) is 0.0522. The van der Waals surface area contributed by atoms with E-state index >= 15 is 4.39 Å². The van der Waals surface area contributed by atoms with E-state index < -0.39 is 48.4 Å². The van der Waals surface area contributed by atoms with Crippen LogP contribution in [-0.2, 0) is 16.6 Å². The Balaban J connectivity index is 0.817. The van der Waals surface area contributed by atoms with Crippen LogP contribution < -0.4 is 24.4 Å². The second-order valence-electron chi connectivity index (χ2n) is 22.5. The molecule has 18 nitrogen and oxygen atoms in total. The van der Waals surface area contributed by atoms with Gasteiger partial charge in [-0.15, -0.1) is 0 Å². The number of nitrogens with zero attached hydrogens (tertiary/aromatic N) is 6. The number of H-pyrrole nitrogens is 1. The predicted molar refractivity (Wildman–Crippen MR) is 294 cm³/mol. The lowest BCUT2D eigenvalue weighted by atomic mass is 9.59. The molecule has 0 radical (unpaired) electrons. The summed E-state index contributed by atoms with van der Waals surface area (Å²) in [5.74, 6) is -0.599. The normalized spacial score (nSPS) is 21.2. The topological polar surface area (TPSA) is 222 Å². The molecule has 1 spiro atoms. The van der Waals surface area contributed by atoms with Crippen molar-refractivity contribution in [2.75, 3.05) is 56.6 Å². The number of nitro groups is 1. The maximum absolute atomic E-state index is 16.7. The molecule has 4 aliphatic rings. The Bertz CT molecular complexity index is 3470. The highest BCUT2D eigenvalue weighted by molar-refractivity contribution is 7.90. The van der Waals surface area contributed by atoms with Gasteiger partial charge < -0.3 is 34.2 Å².